The summed E-state index contributed by atoms with van der Waals surface area (Å²) in [5.74, 6) is -4.90. The summed E-state index contributed by atoms with van der Waals surface area (Å²) < 4.78 is 91.9. The van der Waals surface area contributed by atoms with Crippen LogP contribution in [0, 0.1) is 0 Å². The van der Waals surface area contributed by atoms with Gasteiger partial charge in [-0.05, 0) is 6.42 Å². The van der Waals surface area contributed by atoms with Crippen LogP contribution in [0.2, 0.25) is 0 Å². The summed E-state index contributed by atoms with van der Waals surface area (Å²) in [6.07, 6.45) is -11.9. The molecule has 0 aliphatic heterocycles. The number of hydrogen-bond acceptors (Lipinski definition) is 2. The molecular weight excluding hydrogens is 249 g/mol. The van der Waals surface area contributed by atoms with Gasteiger partial charge in [-0.25, -0.2) is 4.39 Å². The Hall–Kier alpha value is -0.570. The Morgan fingerprint density at radius 1 is 0.875 bits per heavy atom. The summed E-state index contributed by atoms with van der Waals surface area (Å²) in [6.45, 7) is -1.82. The average molecular weight is 258 g/mol. The molecule has 0 spiro atoms. The average Bonchev–Trinajstić information content (AvgIpc) is 2.08. The molecule has 0 aromatic heterocycles. The Kier molecular flexibility index (Phi) is 4.99. The monoisotopic (exact) mass is 258 g/mol. The van der Waals surface area contributed by atoms with Crippen LogP contribution in [0.1, 0.15) is 13.3 Å². The van der Waals surface area contributed by atoms with Gasteiger partial charge in [0.25, 0.3) is 0 Å². The maximum absolute atomic E-state index is 12.2. The highest BCUT2D eigenvalue weighted by Gasteiger charge is 2.74. The number of ether oxygens (including phenoxy) is 2. The lowest BCUT2D eigenvalue weighted by Gasteiger charge is -2.35. The number of rotatable bonds is 5. The second kappa shape index (κ2) is 5.17. The summed E-state index contributed by atoms with van der Waals surface area (Å²) in [7, 11) is 0. The van der Waals surface area contributed by atoms with Crippen LogP contribution < -0.4 is 0 Å². The number of hydrogen-bond donors (Lipinski definition) is 0. The van der Waals surface area contributed by atoms with Crippen molar-refractivity contribution in [3.05, 3.63) is 0 Å². The summed E-state index contributed by atoms with van der Waals surface area (Å²) in [4.78, 5) is 0. The molecular formula is C7H9F7O2. The Bertz CT molecular complexity index is 196. The molecule has 0 aromatic carbocycles. The molecule has 2 nitrogen and oxygen atoms in total. The third-order valence-electron chi connectivity index (χ3n) is 1.51. The van der Waals surface area contributed by atoms with Crippen LogP contribution in [0.15, 0.2) is 0 Å². The SMILES string of the molecule is CCCOC(OCF)(C(F)(F)F)C(F)(F)F. The maximum atomic E-state index is 12.2. The van der Waals surface area contributed by atoms with Crippen molar-refractivity contribution in [2.75, 3.05) is 13.5 Å². The van der Waals surface area contributed by atoms with Crippen molar-refractivity contribution in [3.8, 4) is 0 Å². The van der Waals surface area contributed by atoms with Gasteiger partial charge in [-0.2, -0.15) is 26.3 Å². The minimum absolute atomic E-state index is 0.108. The summed E-state index contributed by atoms with van der Waals surface area (Å²) in [6, 6.07) is 0. The lowest BCUT2D eigenvalue weighted by atomic mass is 10.2. The molecule has 16 heavy (non-hydrogen) atoms. The molecule has 0 rings (SSSR count). The van der Waals surface area contributed by atoms with E-state index >= 15 is 0 Å². The Morgan fingerprint density at radius 3 is 1.56 bits per heavy atom. The highest BCUT2D eigenvalue weighted by molar-refractivity contribution is 4.87. The molecule has 0 fully saturated rings. The first kappa shape index (κ1) is 15.4. The summed E-state index contributed by atoms with van der Waals surface area (Å²) >= 11 is 0. The highest BCUT2D eigenvalue weighted by atomic mass is 19.4. The topological polar surface area (TPSA) is 18.5 Å². The predicted molar refractivity (Wildman–Crippen MR) is 38.1 cm³/mol. The van der Waals surface area contributed by atoms with Crippen LogP contribution in [0.4, 0.5) is 30.7 Å². The van der Waals surface area contributed by atoms with Gasteiger partial charge in [0.05, 0.1) is 6.61 Å². The molecule has 0 aliphatic rings. The van der Waals surface area contributed by atoms with Gasteiger partial charge in [-0.15, -0.1) is 0 Å². The maximum Gasteiger partial charge on any atom is 0.453 e. The van der Waals surface area contributed by atoms with Crippen molar-refractivity contribution in [2.45, 2.75) is 31.5 Å². The fourth-order valence-electron chi connectivity index (χ4n) is 0.852. The zero-order chi connectivity index (χ0) is 13.0. The lowest BCUT2D eigenvalue weighted by molar-refractivity contribution is -0.473. The van der Waals surface area contributed by atoms with Crippen LogP contribution in [-0.2, 0) is 9.47 Å². The largest absolute Gasteiger partial charge is 0.453 e. The smallest absolute Gasteiger partial charge is 0.335 e. The van der Waals surface area contributed by atoms with Crippen molar-refractivity contribution in [1.82, 2.24) is 0 Å². The molecule has 0 amide bonds. The van der Waals surface area contributed by atoms with Gasteiger partial charge in [-0.3, -0.25) is 0 Å². The zero-order valence-corrected chi connectivity index (χ0v) is 8.08. The van der Waals surface area contributed by atoms with Gasteiger partial charge in [0.1, 0.15) is 0 Å². The van der Waals surface area contributed by atoms with E-state index in [9.17, 15) is 30.7 Å². The fourth-order valence-corrected chi connectivity index (χ4v) is 0.852. The standard InChI is InChI=1S/C7H9F7O2/c1-2-3-15-5(16-4-8,6(9,10)11)7(12,13)14/h2-4H2,1H3. The van der Waals surface area contributed by atoms with Crippen molar-refractivity contribution >= 4 is 0 Å². The molecule has 98 valence electrons. The first-order valence-electron chi connectivity index (χ1n) is 4.09. The molecule has 0 atom stereocenters. The van der Waals surface area contributed by atoms with Crippen molar-refractivity contribution in [2.24, 2.45) is 0 Å². The van der Waals surface area contributed by atoms with Gasteiger partial charge >= 0.3 is 18.1 Å². The molecule has 0 saturated heterocycles. The normalized spacial score (nSPS) is 14.2. The van der Waals surface area contributed by atoms with E-state index in [0.29, 0.717) is 0 Å². The molecule has 9 heteroatoms. The first-order chi connectivity index (χ1) is 7.12. The third kappa shape index (κ3) is 2.97. The molecule has 0 N–H and O–H groups in total. The molecule has 0 unspecified atom stereocenters. The number of halogens is 7. The van der Waals surface area contributed by atoms with Crippen LogP contribution in [0.5, 0.6) is 0 Å². The Balaban J connectivity index is 5.23. The molecule has 0 bridgehead atoms. The summed E-state index contributed by atoms with van der Waals surface area (Å²) in [5, 5.41) is 0. The van der Waals surface area contributed by atoms with E-state index in [2.05, 4.69) is 9.47 Å². The van der Waals surface area contributed by atoms with Gasteiger partial charge < -0.3 is 9.47 Å². The van der Waals surface area contributed by atoms with Crippen molar-refractivity contribution in [1.29, 1.82) is 0 Å². The van der Waals surface area contributed by atoms with E-state index < -0.39 is 31.6 Å². The van der Waals surface area contributed by atoms with Crippen LogP contribution in [-0.4, -0.2) is 31.6 Å². The zero-order valence-electron chi connectivity index (χ0n) is 8.08. The highest BCUT2D eigenvalue weighted by Crippen LogP contribution is 2.46. The second-order valence-corrected chi connectivity index (χ2v) is 2.71. The minimum atomic E-state index is -5.91. The quantitative estimate of drug-likeness (QED) is 0.557. The van der Waals surface area contributed by atoms with Gasteiger partial charge in [0.2, 0.25) is 0 Å². The molecule has 0 radical (unpaired) electrons. The Morgan fingerprint density at radius 2 is 1.31 bits per heavy atom. The second-order valence-electron chi connectivity index (χ2n) is 2.71. The number of alkyl halides is 7. The molecule has 0 heterocycles. The first-order valence-corrected chi connectivity index (χ1v) is 4.09. The molecule has 0 saturated carbocycles. The van der Waals surface area contributed by atoms with Gasteiger partial charge in [-0.1, -0.05) is 6.92 Å². The van der Waals surface area contributed by atoms with Crippen molar-refractivity contribution < 1.29 is 40.2 Å². The van der Waals surface area contributed by atoms with E-state index in [1.54, 1.807) is 0 Å². The fraction of sp³-hybridized carbons (Fsp3) is 1.00. The Labute approximate surface area is 86.3 Å². The van der Waals surface area contributed by atoms with E-state index in [0.717, 1.165) is 0 Å². The van der Waals surface area contributed by atoms with E-state index in [1.807, 2.05) is 0 Å². The van der Waals surface area contributed by atoms with E-state index in [1.165, 1.54) is 6.92 Å². The molecule has 0 aliphatic carbocycles. The third-order valence-corrected chi connectivity index (χ3v) is 1.51. The lowest BCUT2D eigenvalue weighted by Crippen LogP contribution is -2.60. The van der Waals surface area contributed by atoms with Crippen LogP contribution in [0.25, 0.3) is 0 Å². The van der Waals surface area contributed by atoms with E-state index in [-0.39, 0.29) is 6.42 Å². The van der Waals surface area contributed by atoms with Crippen molar-refractivity contribution in [3.63, 3.8) is 0 Å². The van der Waals surface area contributed by atoms with E-state index in [4.69, 9.17) is 0 Å². The van der Waals surface area contributed by atoms with Gasteiger partial charge in [0.15, 0.2) is 6.86 Å². The van der Waals surface area contributed by atoms with Crippen LogP contribution >= 0.6 is 0 Å². The van der Waals surface area contributed by atoms with Gasteiger partial charge in [0, 0.05) is 0 Å². The predicted octanol–water partition coefficient (Wildman–Crippen LogP) is 3.18. The molecule has 0 aromatic rings. The minimum Gasteiger partial charge on any atom is -0.335 e. The van der Waals surface area contributed by atoms with Crippen LogP contribution in [0.3, 0.4) is 0 Å². The summed E-state index contributed by atoms with van der Waals surface area (Å²) in [5.41, 5.74) is 0.